The summed E-state index contributed by atoms with van der Waals surface area (Å²) in [5, 5.41) is 2.74. The molecular formula is C18H22N2O3. The number of carbonyl (C=O) groups excluding carboxylic acids is 1. The summed E-state index contributed by atoms with van der Waals surface area (Å²) in [6.07, 6.45) is 1.54. The van der Waals surface area contributed by atoms with E-state index in [9.17, 15) is 4.79 Å². The first-order valence-electron chi connectivity index (χ1n) is 7.42. The average molecular weight is 314 g/mol. The summed E-state index contributed by atoms with van der Waals surface area (Å²) in [5.74, 6) is 0.988. The lowest BCUT2D eigenvalue weighted by atomic mass is 9.86. The second-order valence-electron chi connectivity index (χ2n) is 6.17. The number of rotatable bonds is 5. The highest BCUT2D eigenvalue weighted by atomic mass is 16.5. The molecule has 0 aliphatic carbocycles. The summed E-state index contributed by atoms with van der Waals surface area (Å²) in [5.41, 5.74) is 1.62. The van der Waals surface area contributed by atoms with E-state index in [0.29, 0.717) is 11.6 Å². The normalized spacial score (nSPS) is 11.0. The van der Waals surface area contributed by atoms with Crippen LogP contribution in [0.4, 0.5) is 5.69 Å². The van der Waals surface area contributed by atoms with Gasteiger partial charge in [-0.15, -0.1) is 0 Å². The van der Waals surface area contributed by atoms with Gasteiger partial charge in [0.15, 0.2) is 6.61 Å². The number of ether oxygens (including phenoxy) is 2. The predicted molar refractivity (Wildman–Crippen MR) is 90.1 cm³/mol. The molecule has 0 fully saturated rings. The molecule has 0 atom stereocenters. The number of pyridine rings is 1. The zero-order valence-corrected chi connectivity index (χ0v) is 13.9. The Labute approximate surface area is 136 Å². The minimum atomic E-state index is -0.235. The van der Waals surface area contributed by atoms with Crippen LogP contribution in [0, 0.1) is 0 Å². The highest BCUT2D eigenvalue weighted by molar-refractivity contribution is 5.91. The van der Waals surface area contributed by atoms with E-state index in [1.54, 1.807) is 25.4 Å². The lowest BCUT2D eigenvalue weighted by Crippen LogP contribution is -2.22. The van der Waals surface area contributed by atoms with Crippen molar-refractivity contribution in [3.63, 3.8) is 0 Å². The Morgan fingerprint density at radius 3 is 2.52 bits per heavy atom. The van der Waals surface area contributed by atoms with Gasteiger partial charge in [0.25, 0.3) is 5.91 Å². The zero-order chi connectivity index (χ0) is 16.9. The number of nitrogens with zero attached hydrogens (tertiary/aromatic N) is 1. The smallest absolute Gasteiger partial charge is 0.262 e. The Kier molecular flexibility index (Phi) is 5.21. The minimum absolute atomic E-state index is 0.0486. The van der Waals surface area contributed by atoms with Crippen molar-refractivity contribution in [2.75, 3.05) is 19.0 Å². The first kappa shape index (κ1) is 16.8. The molecule has 5 heteroatoms. The van der Waals surface area contributed by atoms with Crippen LogP contribution in [0.15, 0.2) is 42.6 Å². The molecule has 1 aromatic heterocycles. The SMILES string of the molecule is COc1ccc(NC(=O)COc2ccccc2C(C)(C)C)cn1. The second-order valence-corrected chi connectivity index (χ2v) is 6.17. The van der Waals surface area contributed by atoms with Gasteiger partial charge in [-0.05, 0) is 23.1 Å². The van der Waals surface area contributed by atoms with Crippen LogP contribution >= 0.6 is 0 Å². The van der Waals surface area contributed by atoms with Crippen LogP contribution in [0.3, 0.4) is 0 Å². The van der Waals surface area contributed by atoms with E-state index in [1.807, 2.05) is 24.3 Å². The van der Waals surface area contributed by atoms with E-state index in [1.165, 1.54) is 0 Å². The van der Waals surface area contributed by atoms with Crippen molar-refractivity contribution in [1.82, 2.24) is 4.98 Å². The number of hydrogen-bond acceptors (Lipinski definition) is 4. The van der Waals surface area contributed by atoms with Gasteiger partial charge >= 0.3 is 0 Å². The van der Waals surface area contributed by atoms with E-state index in [2.05, 4.69) is 31.1 Å². The molecule has 1 heterocycles. The largest absolute Gasteiger partial charge is 0.483 e. The van der Waals surface area contributed by atoms with Crippen molar-refractivity contribution in [3.05, 3.63) is 48.2 Å². The van der Waals surface area contributed by atoms with E-state index in [-0.39, 0.29) is 17.9 Å². The fourth-order valence-electron chi connectivity index (χ4n) is 2.13. The third-order valence-corrected chi connectivity index (χ3v) is 3.28. The summed E-state index contributed by atoms with van der Waals surface area (Å²) in [7, 11) is 1.54. The van der Waals surface area contributed by atoms with Gasteiger partial charge in [-0.1, -0.05) is 39.0 Å². The van der Waals surface area contributed by atoms with E-state index in [4.69, 9.17) is 9.47 Å². The molecule has 0 aliphatic heterocycles. The number of para-hydroxylation sites is 1. The van der Waals surface area contributed by atoms with Gasteiger partial charge in [-0.2, -0.15) is 0 Å². The molecular weight excluding hydrogens is 292 g/mol. The van der Waals surface area contributed by atoms with E-state index in [0.717, 1.165) is 11.3 Å². The van der Waals surface area contributed by atoms with Gasteiger partial charge in [0, 0.05) is 6.07 Å². The molecule has 0 unspecified atom stereocenters. The molecule has 0 spiro atoms. The minimum Gasteiger partial charge on any atom is -0.483 e. The number of amides is 1. The van der Waals surface area contributed by atoms with Crippen molar-refractivity contribution in [3.8, 4) is 11.6 Å². The van der Waals surface area contributed by atoms with Crippen LogP contribution in [0.25, 0.3) is 0 Å². The molecule has 0 bridgehead atoms. The number of aromatic nitrogens is 1. The number of carbonyl (C=O) groups is 1. The van der Waals surface area contributed by atoms with Crippen LogP contribution in [0.5, 0.6) is 11.6 Å². The molecule has 1 amide bonds. The van der Waals surface area contributed by atoms with Gasteiger partial charge in [0.2, 0.25) is 5.88 Å². The van der Waals surface area contributed by atoms with Gasteiger partial charge in [0.1, 0.15) is 5.75 Å². The van der Waals surface area contributed by atoms with Crippen LogP contribution in [0.2, 0.25) is 0 Å². The quantitative estimate of drug-likeness (QED) is 0.919. The van der Waals surface area contributed by atoms with Crippen molar-refractivity contribution < 1.29 is 14.3 Å². The van der Waals surface area contributed by atoms with Crippen molar-refractivity contribution in [2.45, 2.75) is 26.2 Å². The third kappa shape index (κ3) is 4.71. The maximum Gasteiger partial charge on any atom is 0.262 e. The lowest BCUT2D eigenvalue weighted by Gasteiger charge is -2.22. The Balaban J connectivity index is 1.97. The number of nitrogens with one attached hydrogen (secondary N) is 1. The van der Waals surface area contributed by atoms with Gasteiger partial charge < -0.3 is 14.8 Å². The third-order valence-electron chi connectivity index (χ3n) is 3.28. The molecule has 1 aromatic carbocycles. The molecule has 23 heavy (non-hydrogen) atoms. The van der Waals surface area contributed by atoms with Crippen molar-refractivity contribution in [2.24, 2.45) is 0 Å². The summed E-state index contributed by atoms with van der Waals surface area (Å²) >= 11 is 0. The van der Waals surface area contributed by atoms with Crippen LogP contribution < -0.4 is 14.8 Å². The van der Waals surface area contributed by atoms with Crippen molar-refractivity contribution >= 4 is 11.6 Å². The molecule has 0 saturated carbocycles. The molecule has 122 valence electrons. The topological polar surface area (TPSA) is 60.5 Å². The van der Waals surface area contributed by atoms with Gasteiger partial charge in [0.05, 0.1) is 19.0 Å². The number of hydrogen-bond donors (Lipinski definition) is 1. The first-order valence-corrected chi connectivity index (χ1v) is 7.42. The summed E-state index contributed by atoms with van der Waals surface area (Å²) < 4.78 is 10.7. The second kappa shape index (κ2) is 7.13. The molecule has 0 saturated heterocycles. The van der Waals surface area contributed by atoms with Crippen LogP contribution in [0.1, 0.15) is 26.3 Å². The maximum absolute atomic E-state index is 12.0. The molecule has 1 N–H and O–H groups in total. The Hall–Kier alpha value is -2.56. The van der Waals surface area contributed by atoms with E-state index < -0.39 is 0 Å². The molecule has 2 rings (SSSR count). The fourth-order valence-corrected chi connectivity index (χ4v) is 2.13. The fraction of sp³-hybridized carbons (Fsp3) is 0.333. The Morgan fingerprint density at radius 1 is 1.17 bits per heavy atom. The summed E-state index contributed by atoms with van der Waals surface area (Å²) in [4.78, 5) is 16.0. The molecule has 0 aliphatic rings. The molecule has 0 radical (unpaired) electrons. The van der Waals surface area contributed by atoms with Crippen LogP contribution in [-0.4, -0.2) is 24.6 Å². The standard InChI is InChI=1S/C18H22N2O3/c1-18(2,3)14-7-5-6-8-15(14)23-12-16(21)20-13-9-10-17(22-4)19-11-13/h5-11H,12H2,1-4H3,(H,20,21). The predicted octanol–water partition coefficient (Wildman–Crippen LogP) is 3.41. The van der Waals surface area contributed by atoms with E-state index >= 15 is 0 Å². The highest BCUT2D eigenvalue weighted by Crippen LogP contribution is 2.30. The van der Waals surface area contributed by atoms with Gasteiger partial charge in [-0.3, -0.25) is 4.79 Å². The highest BCUT2D eigenvalue weighted by Gasteiger charge is 2.18. The number of benzene rings is 1. The Morgan fingerprint density at radius 2 is 1.91 bits per heavy atom. The summed E-state index contributed by atoms with van der Waals surface area (Å²) in [6, 6.07) is 11.2. The van der Waals surface area contributed by atoms with Gasteiger partial charge in [-0.25, -0.2) is 4.98 Å². The Bertz CT molecular complexity index is 661. The van der Waals surface area contributed by atoms with Crippen LogP contribution in [-0.2, 0) is 10.2 Å². The lowest BCUT2D eigenvalue weighted by molar-refractivity contribution is -0.118. The summed E-state index contributed by atoms with van der Waals surface area (Å²) in [6.45, 7) is 6.27. The molecule has 2 aromatic rings. The zero-order valence-electron chi connectivity index (χ0n) is 13.9. The number of anilines is 1. The van der Waals surface area contributed by atoms with Crippen molar-refractivity contribution in [1.29, 1.82) is 0 Å². The molecule has 5 nitrogen and oxygen atoms in total. The monoisotopic (exact) mass is 314 g/mol. The number of methoxy groups -OCH3 is 1. The maximum atomic E-state index is 12.0. The first-order chi connectivity index (χ1) is 10.9. The average Bonchev–Trinajstić information content (AvgIpc) is 2.53.